The lowest BCUT2D eigenvalue weighted by atomic mass is 10.2. The number of hydrogen-bond donors (Lipinski definition) is 1. The molecule has 0 unspecified atom stereocenters. The molecule has 3 aromatic rings. The monoisotopic (exact) mass is 272 g/mol. The van der Waals surface area contributed by atoms with Crippen LogP contribution in [0.4, 0.5) is 5.13 Å². The van der Waals surface area contributed by atoms with Crippen LogP contribution in [0.2, 0.25) is 0 Å². The van der Waals surface area contributed by atoms with Crippen LogP contribution in [0.25, 0.3) is 10.2 Å². The maximum absolute atomic E-state index is 11.9. The molecule has 4 nitrogen and oxygen atoms in total. The average molecular weight is 272 g/mol. The number of hydrogen-bond acceptors (Lipinski definition) is 4. The Morgan fingerprint density at radius 1 is 1.42 bits per heavy atom. The Labute approximate surface area is 114 Å². The number of nitrogens with zero attached hydrogens (tertiary/aromatic N) is 1. The second kappa shape index (κ2) is 4.85. The van der Waals surface area contributed by atoms with Gasteiger partial charge in [-0.15, -0.1) is 0 Å². The number of carbonyl (C=O) groups excluding carboxylic acids is 1. The van der Waals surface area contributed by atoms with E-state index < -0.39 is 0 Å². The highest BCUT2D eigenvalue weighted by Crippen LogP contribution is 2.27. The van der Waals surface area contributed by atoms with Gasteiger partial charge in [-0.3, -0.25) is 10.1 Å². The van der Waals surface area contributed by atoms with Crippen molar-refractivity contribution in [3.05, 3.63) is 47.9 Å². The number of carbonyl (C=O) groups is 1. The normalized spacial score (nSPS) is 10.8. The molecule has 0 fully saturated rings. The third-order valence-electron chi connectivity index (χ3n) is 2.86. The van der Waals surface area contributed by atoms with Crippen LogP contribution in [0, 0.1) is 0 Å². The lowest BCUT2D eigenvalue weighted by Crippen LogP contribution is -2.10. The predicted molar refractivity (Wildman–Crippen MR) is 75.7 cm³/mol. The van der Waals surface area contributed by atoms with Gasteiger partial charge in [-0.25, -0.2) is 4.98 Å². The zero-order valence-electron chi connectivity index (χ0n) is 10.3. The van der Waals surface area contributed by atoms with Crippen molar-refractivity contribution in [2.24, 2.45) is 0 Å². The topological polar surface area (TPSA) is 55.1 Å². The third kappa shape index (κ3) is 2.37. The average Bonchev–Trinajstić information content (AvgIpc) is 3.06. The summed E-state index contributed by atoms with van der Waals surface area (Å²) in [4.78, 5) is 16.3. The summed E-state index contributed by atoms with van der Waals surface area (Å²) in [5.41, 5.74) is 2.67. The molecule has 0 bridgehead atoms. The van der Waals surface area contributed by atoms with Gasteiger partial charge in [0.2, 0.25) is 0 Å². The first-order valence-electron chi connectivity index (χ1n) is 5.99. The second-order valence-electron chi connectivity index (χ2n) is 4.14. The summed E-state index contributed by atoms with van der Waals surface area (Å²) in [5, 5.41) is 3.39. The predicted octanol–water partition coefficient (Wildman–Crippen LogP) is 3.70. The van der Waals surface area contributed by atoms with Gasteiger partial charge in [0.05, 0.1) is 22.0 Å². The van der Waals surface area contributed by atoms with Crippen molar-refractivity contribution in [1.82, 2.24) is 4.98 Å². The van der Waals surface area contributed by atoms with Crippen LogP contribution in [0.15, 0.2) is 41.2 Å². The highest BCUT2D eigenvalue weighted by molar-refractivity contribution is 7.22. The fourth-order valence-electron chi connectivity index (χ4n) is 1.81. The minimum atomic E-state index is -0.205. The molecule has 0 aliphatic rings. The number of benzene rings is 1. The molecule has 0 spiro atoms. The van der Waals surface area contributed by atoms with Crippen molar-refractivity contribution in [2.75, 3.05) is 5.32 Å². The Bertz CT molecular complexity index is 716. The molecule has 5 heteroatoms. The van der Waals surface area contributed by atoms with Gasteiger partial charge in [0.25, 0.3) is 5.91 Å². The Morgan fingerprint density at radius 3 is 3.05 bits per heavy atom. The van der Waals surface area contributed by atoms with Crippen LogP contribution in [-0.4, -0.2) is 10.9 Å². The Hall–Kier alpha value is -2.14. The largest absolute Gasteiger partial charge is 0.472 e. The van der Waals surface area contributed by atoms with Gasteiger partial charge in [0.15, 0.2) is 5.13 Å². The first-order valence-corrected chi connectivity index (χ1v) is 6.81. The Balaban J connectivity index is 1.87. The van der Waals surface area contributed by atoms with E-state index >= 15 is 0 Å². The summed E-state index contributed by atoms with van der Waals surface area (Å²) in [6.07, 6.45) is 3.88. The maximum Gasteiger partial charge on any atom is 0.260 e. The second-order valence-corrected chi connectivity index (χ2v) is 5.17. The van der Waals surface area contributed by atoms with E-state index in [1.54, 1.807) is 6.07 Å². The highest BCUT2D eigenvalue weighted by Gasteiger charge is 2.10. The first kappa shape index (κ1) is 11.9. The number of rotatable bonds is 3. The molecule has 19 heavy (non-hydrogen) atoms. The smallest absolute Gasteiger partial charge is 0.260 e. The zero-order chi connectivity index (χ0) is 13.2. The van der Waals surface area contributed by atoms with E-state index in [1.165, 1.54) is 29.4 Å². The van der Waals surface area contributed by atoms with E-state index in [1.807, 2.05) is 6.07 Å². The molecule has 96 valence electrons. The molecule has 0 atom stereocenters. The van der Waals surface area contributed by atoms with Gasteiger partial charge in [-0.1, -0.05) is 24.3 Å². The standard InChI is InChI=1S/C14H12N2O2S/c1-2-9-3-4-11-12(7-9)19-14(15-11)16-13(17)10-5-6-18-8-10/h3-8H,2H2,1H3,(H,15,16,17). The van der Waals surface area contributed by atoms with Crippen molar-refractivity contribution in [3.8, 4) is 0 Å². The van der Waals surface area contributed by atoms with Gasteiger partial charge in [0, 0.05) is 0 Å². The fourth-order valence-corrected chi connectivity index (χ4v) is 2.73. The number of fused-ring (bicyclic) bond motifs is 1. The number of nitrogens with one attached hydrogen (secondary N) is 1. The molecule has 0 aliphatic carbocycles. The lowest BCUT2D eigenvalue weighted by Gasteiger charge is -1.96. The van der Waals surface area contributed by atoms with Crippen LogP contribution in [0.5, 0.6) is 0 Å². The number of thiazole rings is 1. The summed E-state index contributed by atoms with van der Waals surface area (Å²) in [5.74, 6) is -0.205. The molecule has 2 aromatic heterocycles. The minimum Gasteiger partial charge on any atom is -0.472 e. The Morgan fingerprint density at radius 2 is 2.32 bits per heavy atom. The maximum atomic E-state index is 11.9. The number of aryl methyl sites for hydroxylation is 1. The van der Waals surface area contributed by atoms with Crippen molar-refractivity contribution in [1.29, 1.82) is 0 Å². The van der Waals surface area contributed by atoms with Crippen molar-refractivity contribution in [2.45, 2.75) is 13.3 Å². The van der Waals surface area contributed by atoms with Crippen LogP contribution in [0.1, 0.15) is 22.8 Å². The summed E-state index contributed by atoms with van der Waals surface area (Å²) < 4.78 is 5.97. The summed E-state index contributed by atoms with van der Waals surface area (Å²) in [6, 6.07) is 7.78. The molecular formula is C14H12N2O2S. The third-order valence-corrected chi connectivity index (χ3v) is 3.80. The number of amides is 1. The molecule has 1 aromatic carbocycles. The number of furan rings is 1. The van der Waals surface area contributed by atoms with Gasteiger partial charge in [-0.05, 0) is 30.2 Å². The summed E-state index contributed by atoms with van der Waals surface area (Å²) in [6.45, 7) is 2.11. The fraction of sp³-hybridized carbons (Fsp3) is 0.143. The van der Waals surface area contributed by atoms with E-state index in [4.69, 9.17) is 4.42 Å². The highest BCUT2D eigenvalue weighted by atomic mass is 32.1. The first-order chi connectivity index (χ1) is 9.26. The molecule has 0 aliphatic heterocycles. The van der Waals surface area contributed by atoms with Crippen molar-refractivity contribution in [3.63, 3.8) is 0 Å². The van der Waals surface area contributed by atoms with E-state index in [9.17, 15) is 4.79 Å². The van der Waals surface area contributed by atoms with E-state index in [2.05, 4.69) is 29.4 Å². The lowest BCUT2D eigenvalue weighted by molar-refractivity contribution is 0.102. The molecule has 1 N–H and O–H groups in total. The van der Waals surface area contributed by atoms with Crippen LogP contribution in [-0.2, 0) is 6.42 Å². The van der Waals surface area contributed by atoms with Crippen LogP contribution in [0.3, 0.4) is 0 Å². The van der Waals surface area contributed by atoms with Crippen LogP contribution < -0.4 is 5.32 Å². The van der Waals surface area contributed by atoms with E-state index in [-0.39, 0.29) is 5.91 Å². The molecule has 0 saturated carbocycles. The number of anilines is 1. The minimum absolute atomic E-state index is 0.205. The van der Waals surface area contributed by atoms with Gasteiger partial charge in [0.1, 0.15) is 6.26 Å². The zero-order valence-corrected chi connectivity index (χ0v) is 11.2. The van der Waals surface area contributed by atoms with Crippen molar-refractivity contribution >= 4 is 32.6 Å². The summed E-state index contributed by atoms with van der Waals surface area (Å²) in [7, 11) is 0. The molecule has 1 amide bonds. The quantitative estimate of drug-likeness (QED) is 0.790. The van der Waals surface area contributed by atoms with Gasteiger partial charge < -0.3 is 4.42 Å². The van der Waals surface area contributed by atoms with E-state index in [0.717, 1.165) is 16.6 Å². The van der Waals surface area contributed by atoms with E-state index in [0.29, 0.717) is 10.7 Å². The Kier molecular flexibility index (Phi) is 3.05. The summed E-state index contributed by atoms with van der Waals surface area (Å²) >= 11 is 1.48. The van der Waals surface area contributed by atoms with Crippen LogP contribution >= 0.6 is 11.3 Å². The SMILES string of the molecule is CCc1ccc2nc(NC(=O)c3ccoc3)sc2c1. The molecule has 3 rings (SSSR count). The molecule has 2 heterocycles. The number of aromatic nitrogens is 1. The van der Waals surface area contributed by atoms with Gasteiger partial charge >= 0.3 is 0 Å². The molecular weight excluding hydrogens is 260 g/mol. The molecule has 0 saturated heterocycles. The molecule has 0 radical (unpaired) electrons. The van der Waals surface area contributed by atoms with Gasteiger partial charge in [-0.2, -0.15) is 0 Å². The van der Waals surface area contributed by atoms with Crippen molar-refractivity contribution < 1.29 is 9.21 Å².